The van der Waals surface area contributed by atoms with Gasteiger partial charge >= 0.3 is 0 Å². The molecule has 1 aliphatic carbocycles. The number of aromatic nitrogens is 2. The smallest absolute Gasteiger partial charge is 0.257 e. The maximum absolute atomic E-state index is 11.7. The molecule has 1 amide bonds. The van der Waals surface area contributed by atoms with Crippen LogP contribution in [0.25, 0.3) is 5.69 Å². The summed E-state index contributed by atoms with van der Waals surface area (Å²) in [5.41, 5.74) is 4.43. The van der Waals surface area contributed by atoms with Crippen molar-refractivity contribution in [3.05, 3.63) is 60.5 Å². The van der Waals surface area contributed by atoms with E-state index in [1.54, 1.807) is 4.68 Å². The number of hydrogen-bond acceptors (Lipinski definition) is 2. The Hall–Kier alpha value is -2.58. The topological polar surface area (TPSA) is 46.9 Å². The van der Waals surface area contributed by atoms with Gasteiger partial charge in [-0.2, -0.15) is 5.10 Å². The first-order valence-electron chi connectivity index (χ1n) is 6.60. The highest BCUT2D eigenvalue weighted by Crippen LogP contribution is 2.40. The molecule has 1 heterocycles. The molecule has 2 aromatic rings. The fourth-order valence-corrected chi connectivity index (χ4v) is 2.09. The van der Waals surface area contributed by atoms with Crippen molar-refractivity contribution in [3.63, 3.8) is 0 Å². The predicted octanol–water partition coefficient (Wildman–Crippen LogP) is 3.03. The Balaban J connectivity index is 1.98. The number of nitrogens with zero attached hydrogens (tertiary/aromatic N) is 2. The van der Waals surface area contributed by atoms with Crippen molar-refractivity contribution < 1.29 is 4.79 Å². The molecular weight excluding hydrogens is 250 g/mol. The lowest BCUT2D eigenvalue weighted by Gasteiger charge is -2.06. The van der Waals surface area contributed by atoms with Crippen molar-refractivity contribution in [1.82, 2.24) is 9.78 Å². The average Bonchev–Trinajstić information content (AvgIpc) is 3.22. The zero-order valence-corrected chi connectivity index (χ0v) is 11.0. The van der Waals surface area contributed by atoms with Crippen LogP contribution in [0, 0.1) is 0 Å². The predicted molar refractivity (Wildman–Crippen MR) is 77.9 cm³/mol. The molecule has 1 aromatic heterocycles. The minimum Gasteiger partial charge on any atom is -0.306 e. The summed E-state index contributed by atoms with van der Waals surface area (Å²) in [4.78, 5) is 11.7. The van der Waals surface area contributed by atoms with E-state index in [4.69, 9.17) is 0 Å². The molecule has 1 fully saturated rings. The molecule has 4 nitrogen and oxygen atoms in total. The second-order valence-corrected chi connectivity index (χ2v) is 4.81. The van der Waals surface area contributed by atoms with Crippen LogP contribution in [0.2, 0.25) is 0 Å². The van der Waals surface area contributed by atoms with Crippen LogP contribution in [-0.4, -0.2) is 15.7 Å². The number of carbonyl (C=O) groups is 1. The quantitative estimate of drug-likeness (QED) is 0.682. The molecular formula is C16H15N3O. The van der Waals surface area contributed by atoms with Gasteiger partial charge in [0.05, 0.1) is 11.4 Å². The van der Waals surface area contributed by atoms with Crippen LogP contribution in [0.1, 0.15) is 24.5 Å². The number of benzene rings is 1. The highest BCUT2D eigenvalue weighted by Gasteiger charge is 2.27. The SMILES string of the molecule is C=C=CC(=O)Nc1cc(C2CC2)nn1-c1ccccc1. The van der Waals surface area contributed by atoms with Crippen LogP contribution in [0.3, 0.4) is 0 Å². The highest BCUT2D eigenvalue weighted by atomic mass is 16.1. The summed E-state index contributed by atoms with van der Waals surface area (Å²) >= 11 is 0. The molecule has 0 aliphatic heterocycles. The van der Waals surface area contributed by atoms with Crippen LogP contribution < -0.4 is 5.32 Å². The molecule has 1 aromatic carbocycles. The first-order chi connectivity index (χ1) is 9.78. The summed E-state index contributed by atoms with van der Waals surface area (Å²) in [6.45, 7) is 3.40. The minimum absolute atomic E-state index is 0.251. The van der Waals surface area contributed by atoms with E-state index >= 15 is 0 Å². The van der Waals surface area contributed by atoms with Crippen LogP contribution in [-0.2, 0) is 4.79 Å². The van der Waals surface area contributed by atoms with Gasteiger partial charge in [0.15, 0.2) is 0 Å². The van der Waals surface area contributed by atoms with Crippen LogP contribution >= 0.6 is 0 Å². The number of anilines is 1. The number of amides is 1. The van der Waals surface area contributed by atoms with Gasteiger partial charge in [0, 0.05) is 18.1 Å². The molecule has 1 N–H and O–H groups in total. The monoisotopic (exact) mass is 265 g/mol. The Bertz CT molecular complexity index is 677. The zero-order valence-electron chi connectivity index (χ0n) is 11.0. The molecule has 100 valence electrons. The Morgan fingerprint density at radius 2 is 2.15 bits per heavy atom. The Kier molecular flexibility index (Phi) is 3.23. The summed E-state index contributed by atoms with van der Waals surface area (Å²) < 4.78 is 1.77. The summed E-state index contributed by atoms with van der Waals surface area (Å²) in [7, 11) is 0. The molecule has 3 rings (SSSR count). The minimum atomic E-state index is -0.251. The van der Waals surface area contributed by atoms with Crippen molar-refractivity contribution in [2.45, 2.75) is 18.8 Å². The number of rotatable bonds is 4. The molecule has 0 unspecified atom stereocenters. The number of hydrogen-bond donors (Lipinski definition) is 1. The molecule has 4 heteroatoms. The van der Waals surface area contributed by atoms with Gasteiger partial charge < -0.3 is 5.32 Å². The second kappa shape index (κ2) is 5.19. The van der Waals surface area contributed by atoms with E-state index in [1.807, 2.05) is 36.4 Å². The standard InChI is InChI=1S/C16H15N3O/c1-2-6-16(20)17-15-11-14(12-9-10-12)18-19(15)13-7-4-3-5-8-13/h3-8,11-12H,1,9-10H2,(H,17,20). The van der Waals surface area contributed by atoms with Gasteiger partial charge in [-0.15, -0.1) is 5.73 Å². The van der Waals surface area contributed by atoms with Crippen molar-refractivity contribution in [2.24, 2.45) is 0 Å². The van der Waals surface area contributed by atoms with E-state index in [9.17, 15) is 4.79 Å². The summed E-state index contributed by atoms with van der Waals surface area (Å²) in [5, 5.41) is 7.42. The second-order valence-electron chi connectivity index (χ2n) is 4.81. The van der Waals surface area contributed by atoms with Gasteiger partial charge in [-0.3, -0.25) is 4.79 Å². The fourth-order valence-electron chi connectivity index (χ4n) is 2.09. The molecule has 1 saturated carbocycles. The zero-order chi connectivity index (χ0) is 13.9. The van der Waals surface area contributed by atoms with Crippen molar-refractivity contribution >= 4 is 11.7 Å². The van der Waals surface area contributed by atoms with Gasteiger partial charge in [0.1, 0.15) is 5.82 Å². The lowest BCUT2D eigenvalue weighted by Crippen LogP contribution is -2.12. The Morgan fingerprint density at radius 3 is 2.80 bits per heavy atom. The van der Waals surface area contributed by atoms with E-state index < -0.39 is 0 Å². The third-order valence-electron chi connectivity index (χ3n) is 3.21. The van der Waals surface area contributed by atoms with Crippen LogP contribution in [0.5, 0.6) is 0 Å². The van der Waals surface area contributed by atoms with Gasteiger partial charge in [0.25, 0.3) is 5.91 Å². The molecule has 0 saturated heterocycles. The molecule has 0 bridgehead atoms. The largest absolute Gasteiger partial charge is 0.306 e. The van der Waals surface area contributed by atoms with Gasteiger partial charge in [-0.1, -0.05) is 24.8 Å². The number of carbonyl (C=O) groups excluding carboxylic acids is 1. The summed E-state index contributed by atoms with van der Waals surface area (Å²) in [6.07, 6.45) is 3.62. The van der Waals surface area contributed by atoms with E-state index in [0.29, 0.717) is 11.7 Å². The van der Waals surface area contributed by atoms with Crippen molar-refractivity contribution in [3.8, 4) is 5.69 Å². The normalized spacial score (nSPS) is 13.6. The van der Waals surface area contributed by atoms with E-state index in [0.717, 1.165) is 11.4 Å². The molecule has 0 atom stereocenters. The lowest BCUT2D eigenvalue weighted by molar-refractivity contribution is -0.111. The Morgan fingerprint density at radius 1 is 1.40 bits per heavy atom. The maximum Gasteiger partial charge on any atom is 0.257 e. The first-order valence-corrected chi connectivity index (χ1v) is 6.60. The molecule has 20 heavy (non-hydrogen) atoms. The van der Waals surface area contributed by atoms with Crippen molar-refractivity contribution in [2.75, 3.05) is 5.32 Å². The van der Waals surface area contributed by atoms with Gasteiger partial charge in [0.2, 0.25) is 0 Å². The lowest BCUT2D eigenvalue weighted by atomic mass is 10.3. The van der Waals surface area contributed by atoms with Gasteiger partial charge in [-0.05, 0) is 25.0 Å². The summed E-state index contributed by atoms with van der Waals surface area (Å²) in [6, 6.07) is 11.7. The number of para-hydroxylation sites is 1. The highest BCUT2D eigenvalue weighted by molar-refractivity contribution is 5.98. The van der Waals surface area contributed by atoms with E-state index in [2.05, 4.69) is 22.7 Å². The van der Waals surface area contributed by atoms with E-state index in [1.165, 1.54) is 18.9 Å². The fraction of sp³-hybridized carbons (Fsp3) is 0.188. The molecule has 1 aliphatic rings. The van der Waals surface area contributed by atoms with Crippen LogP contribution in [0.15, 0.2) is 54.8 Å². The third-order valence-corrected chi connectivity index (χ3v) is 3.21. The maximum atomic E-state index is 11.7. The molecule has 0 spiro atoms. The average molecular weight is 265 g/mol. The first kappa shape index (κ1) is 12.5. The van der Waals surface area contributed by atoms with Crippen molar-refractivity contribution in [1.29, 1.82) is 0 Å². The van der Waals surface area contributed by atoms with Crippen LogP contribution in [0.4, 0.5) is 5.82 Å². The molecule has 0 radical (unpaired) electrons. The Labute approximate surface area is 117 Å². The van der Waals surface area contributed by atoms with E-state index in [-0.39, 0.29) is 5.91 Å². The van der Waals surface area contributed by atoms with Gasteiger partial charge in [-0.25, -0.2) is 4.68 Å². The third kappa shape index (κ3) is 2.56. The summed E-state index contributed by atoms with van der Waals surface area (Å²) in [5.74, 6) is 0.958. The number of nitrogens with one attached hydrogen (secondary N) is 1.